The standard InChI is InChI=1S/C21H24FN5O2/c1-15-5-7-16(8-6-15)14-29-21(28)26-11-9-17(18(22)13-26)12-23-20-25-24-19-4-2-3-10-27(19)20/h2-8,10,17-18H,9,11-14H2,1H3,(H,23,25)/t17-,18-/m1/s1. The van der Waals surface area contributed by atoms with Gasteiger partial charge in [0.25, 0.3) is 0 Å². The molecule has 1 aliphatic rings. The number of ether oxygens (including phenoxy) is 1. The number of alkyl halides is 1. The molecule has 0 saturated carbocycles. The van der Waals surface area contributed by atoms with E-state index in [1.165, 1.54) is 4.90 Å². The minimum Gasteiger partial charge on any atom is -0.445 e. The highest BCUT2D eigenvalue weighted by atomic mass is 19.1. The van der Waals surface area contributed by atoms with Crippen LogP contribution in [0.2, 0.25) is 0 Å². The van der Waals surface area contributed by atoms with Crippen molar-refractivity contribution in [2.75, 3.05) is 25.0 Å². The summed E-state index contributed by atoms with van der Waals surface area (Å²) in [4.78, 5) is 13.7. The van der Waals surface area contributed by atoms with Crippen molar-refractivity contribution in [1.29, 1.82) is 0 Å². The van der Waals surface area contributed by atoms with Crippen LogP contribution in [-0.4, -0.2) is 51.4 Å². The van der Waals surface area contributed by atoms with Crippen LogP contribution in [-0.2, 0) is 11.3 Å². The molecule has 2 aromatic heterocycles. The summed E-state index contributed by atoms with van der Waals surface area (Å²) in [6.45, 7) is 3.14. The highest BCUT2D eigenvalue weighted by molar-refractivity contribution is 5.67. The minimum absolute atomic E-state index is 0.0413. The Morgan fingerprint density at radius 3 is 2.86 bits per heavy atom. The third-order valence-electron chi connectivity index (χ3n) is 5.25. The van der Waals surface area contributed by atoms with Crippen molar-refractivity contribution in [2.24, 2.45) is 5.92 Å². The van der Waals surface area contributed by atoms with Crippen molar-refractivity contribution >= 4 is 17.7 Å². The lowest BCUT2D eigenvalue weighted by Crippen LogP contribution is -2.46. The Labute approximate surface area is 168 Å². The largest absolute Gasteiger partial charge is 0.445 e. The van der Waals surface area contributed by atoms with Gasteiger partial charge in [-0.15, -0.1) is 10.2 Å². The molecule has 1 aliphatic heterocycles. The van der Waals surface area contributed by atoms with Crippen molar-refractivity contribution in [3.63, 3.8) is 0 Å². The lowest BCUT2D eigenvalue weighted by Gasteiger charge is -2.34. The van der Waals surface area contributed by atoms with Gasteiger partial charge in [-0.3, -0.25) is 4.40 Å². The highest BCUT2D eigenvalue weighted by Crippen LogP contribution is 2.22. The van der Waals surface area contributed by atoms with E-state index in [1.807, 2.05) is 60.0 Å². The quantitative estimate of drug-likeness (QED) is 0.714. The molecule has 2 atom stereocenters. The number of aromatic nitrogens is 3. The second-order valence-electron chi connectivity index (χ2n) is 7.38. The normalized spacial score (nSPS) is 19.3. The number of benzene rings is 1. The van der Waals surface area contributed by atoms with Gasteiger partial charge in [0.05, 0.1) is 6.54 Å². The Morgan fingerprint density at radius 1 is 1.24 bits per heavy atom. The van der Waals surface area contributed by atoms with E-state index in [2.05, 4.69) is 15.5 Å². The average molecular weight is 397 g/mol. The summed E-state index contributed by atoms with van der Waals surface area (Å²) in [5, 5.41) is 11.4. The van der Waals surface area contributed by atoms with Crippen LogP contribution in [0.4, 0.5) is 15.1 Å². The van der Waals surface area contributed by atoms with Gasteiger partial charge < -0.3 is 15.0 Å². The van der Waals surface area contributed by atoms with Gasteiger partial charge >= 0.3 is 6.09 Å². The van der Waals surface area contributed by atoms with E-state index in [0.29, 0.717) is 25.5 Å². The number of nitrogens with zero attached hydrogens (tertiary/aromatic N) is 4. The lowest BCUT2D eigenvalue weighted by atomic mass is 9.95. The van der Waals surface area contributed by atoms with Crippen molar-refractivity contribution in [3.8, 4) is 0 Å². The molecule has 0 radical (unpaired) electrons. The summed E-state index contributed by atoms with van der Waals surface area (Å²) in [5.41, 5.74) is 2.80. The maximum absolute atomic E-state index is 14.7. The van der Waals surface area contributed by atoms with Gasteiger partial charge in [0, 0.05) is 25.2 Å². The third kappa shape index (κ3) is 4.47. The molecular formula is C21H24FN5O2. The van der Waals surface area contributed by atoms with Gasteiger partial charge in [0.1, 0.15) is 12.8 Å². The molecule has 0 spiro atoms. The molecule has 0 bridgehead atoms. The molecule has 1 saturated heterocycles. The topological polar surface area (TPSA) is 71.8 Å². The molecule has 1 fully saturated rings. The van der Waals surface area contributed by atoms with Crippen LogP contribution in [0.5, 0.6) is 0 Å². The van der Waals surface area contributed by atoms with E-state index in [0.717, 1.165) is 16.8 Å². The molecule has 1 amide bonds. The summed E-state index contributed by atoms with van der Waals surface area (Å²) in [6.07, 6.45) is 0.826. The fourth-order valence-electron chi connectivity index (χ4n) is 3.45. The number of rotatable bonds is 5. The molecule has 0 unspecified atom stereocenters. The van der Waals surface area contributed by atoms with Gasteiger partial charge in [-0.2, -0.15) is 0 Å². The molecule has 0 aliphatic carbocycles. The van der Waals surface area contributed by atoms with E-state index in [9.17, 15) is 9.18 Å². The minimum atomic E-state index is -1.12. The maximum atomic E-state index is 14.7. The summed E-state index contributed by atoms with van der Waals surface area (Å²) in [7, 11) is 0. The first kappa shape index (κ1) is 19.2. The second kappa shape index (κ2) is 8.46. The molecule has 29 heavy (non-hydrogen) atoms. The van der Waals surface area contributed by atoms with Crippen LogP contribution in [0.3, 0.4) is 0 Å². The third-order valence-corrected chi connectivity index (χ3v) is 5.25. The maximum Gasteiger partial charge on any atom is 0.410 e. The zero-order chi connectivity index (χ0) is 20.2. The number of piperidine rings is 1. The number of pyridine rings is 1. The Kier molecular flexibility index (Phi) is 5.59. The van der Waals surface area contributed by atoms with E-state index < -0.39 is 12.3 Å². The Bertz CT molecular complexity index is 975. The van der Waals surface area contributed by atoms with E-state index in [-0.39, 0.29) is 19.1 Å². The molecule has 8 heteroatoms. The predicted octanol–water partition coefficient (Wildman–Crippen LogP) is 3.45. The number of likely N-dealkylation sites (tertiary alicyclic amines) is 1. The molecular weight excluding hydrogens is 373 g/mol. The molecule has 1 N–H and O–H groups in total. The average Bonchev–Trinajstić information content (AvgIpc) is 3.15. The highest BCUT2D eigenvalue weighted by Gasteiger charge is 2.32. The lowest BCUT2D eigenvalue weighted by molar-refractivity contribution is 0.0544. The van der Waals surface area contributed by atoms with Crippen LogP contribution in [0.1, 0.15) is 17.5 Å². The number of fused-ring (bicyclic) bond motifs is 1. The number of hydrogen-bond acceptors (Lipinski definition) is 5. The first-order valence-corrected chi connectivity index (χ1v) is 9.75. The smallest absolute Gasteiger partial charge is 0.410 e. The Morgan fingerprint density at radius 2 is 2.07 bits per heavy atom. The van der Waals surface area contributed by atoms with E-state index >= 15 is 0 Å². The number of nitrogens with one attached hydrogen (secondary N) is 1. The van der Waals surface area contributed by atoms with Gasteiger partial charge in [0.15, 0.2) is 5.65 Å². The molecule has 152 valence electrons. The van der Waals surface area contributed by atoms with E-state index in [1.54, 1.807) is 0 Å². The number of anilines is 1. The molecule has 4 rings (SSSR count). The SMILES string of the molecule is Cc1ccc(COC(=O)N2CC[C@H](CNc3nnc4ccccn34)[C@H](F)C2)cc1. The number of carbonyl (C=O) groups is 1. The van der Waals surface area contributed by atoms with Crippen molar-refractivity contribution in [3.05, 3.63) is 59.8 Å². The number of hydrogen-bond donors (Lipinski definition) is 1. The summed E-state index contributed by atoms with van der Waals surface area (Å²) >= 11 is 0. The van der Waals surface area contributed by atoms with Crippen LogP contribution in [0.15, 0.2) is 48.7 Å². The monoisotopic (exact) mass is 397 g/mol. The number of amides is 1. The second-order valence-corrected chi connectivity index (χ2v) is 7.38. The number of carbonyl (C=O) groups excluding carboxylic acids is 1. The van der Waals surface area contributed by atoms with Crippen molar-refractivity contribution < 1.29 is 13.9 Å². The summed E-state index contributed by atoms with van der Waals surface area (Å²) < 4.78 is 21.8. The summed E-state index contributed by atoms with van der Waals surface area (Å²) in [6, 6.07) is 13.4. The first-order valence-electron chi connectivity index (χ1n) is 9.75. The molecule has 3 heterocycles. The van der Waals surface area contributed by atoms with Gasteiger partial charge in [-0.1, -0.05) is 35.9 Å². The van der Waals surface area contributed by atoms with Crippen LogP contribution >= 0.6 is 0 Å². The van der Waals surface area contributed by atoms with Crippen molar-refractivity contribution in [1.82, 2.24) is 19.5 Å². The van der Waals surface area contributed by atoms with Crippen molar-refractivity contribution in [2.45, 2.75) is 26.1 Å². The zero-order valence-corrected chi connectivity index (χ0v) is 16.3. The summed E-state index contributed by atoms with van der Waals surface area (Å²) in [5.74, 6) is 0.389. The Hall–Kier alpha value is -3.16. The van der Waals surface area contributed by atoms with Gasteiger partial charge in [0.2, 0.25) is 5.95 Å². The molecule has 3 aromatic rings. The van der Waals surface area contributed by atoms with Crippen LogP contribution in [0, 0.1) is 12.8 Å². The first-order chi connectivity index (χ1) is 14.1. The van der Waals surface area contributed by atoms with Crippen LogP contribution in [0.25, 0.3) is 5.65 Å². The van der Waals surface area contributed by atoms with Crippen LogP contribution < -0.4 is 5.32 Å². The van der Waals surface area contributed by atoms with Gasteiger partial charge in [-0.25, -0.2) is 9.18 Å². The van der Waals surface area contributed by atoms with Gasteiger partial charge in [-0.05, 0) is 31.0 Å². The Balaban J connectivity index is 1.26. The number of aryl methyl sites for hydroxylation is 1. The zero-order valence-electron chi connectivity index (χ0n) is 16.3. The predicted molar refractivity (Wildman–Crippen MR) is 107 cm³/mol. The van der Waals surface area contributed by atoms with E-state index in [4.69, 9.17) is 4.74 Å². The molecule has 7 nitrogen and oxygen atoms in total. The fourth-order valence-corrected chi connectivity index (χ4v) is 3.45. The fraction of sp³-hybridized carbons (Fsp3) is 0.381. The molecule has 1 aromatic carbocycles. The number of halogens is 1.